The average Bonchev–Trinajstić information content (AvgIpc) is 1.88. The summed E-state index contributed by atoms with van der Waals surface area (Å²) in [5.74, 6) is 0. The summed E-state index contributed by atoms with van der Waals surface area (Å²) in [7, 11) is -4.64. The maximum Gasteiger partial charge on any atom is -0.0623 e. The Morgan fingerprint density at radius 3 is 0.917 bits per heavy atom. The minimum absolute atomic E-state index is 0. The van der Waals surface area contributed by atoms with Gasteiger partial charge in [0, 0.05) is 0 Å². The fourth-order valence-electron chi connectivity index (χ4n) is 0.385. The van der Waals surface area contributed by atoms with Gasteiger partial charge in [0.25, 0.3) is 0 Å². The molecular formula is C6H10CsO4P. The first kappa shape index (κ1) is 15.8. The molecule has 0 aliphatic rings. The van der Waals surface area contributed by atoms with Gasteiger partial charge in [0.15, 0.2) is 0 Å². The van der Waals surface area contributed by atoms with E-state index in [-0.39, 0.29) is 68.9 Å². The second kappa shape index (κ2) is 8.96. The number of hydrogen-bond acceptors (Lipinski definition) is 1. The fraction of sp³-hybridized carbons (Fsp3) is 0. The van der Waals surface area contributed by atoms with Gasteiger partial charge in [0.1, 0.15) is 0 Å². The summed E-state index contributed by atoms with van der Waals surface area (Å²) >= 11 is 0. The smallest absolute Gasteiger partial charge is 0.0623 e. The van der Waals surface area contributed by atoms with Crippen molar-refractivity contribution >= 4 is 76.7 Å². The largest absolute Gasteiger partial charge is 0.0623 e. The molecule has 0 aliphatic carbocycles. The molecule has 0 atom stereocenters. The molecule has 64 valence electrons. The van der Waals surface area contributed by atoms with Crippen LogP contribution >= 0.6 is 7.82 Å². The second-order valence-corrected chi connectivity index (χ2v) is 2.69. The molecule has 0 spiro atoms. The van der Waals surface area contributed by atoms with Gasteiger partial charge in [0.2, 0.25) is 0 Å². The van der Waals surface area contributed by atoms with Crippen LogP contribution in [0.2, 0.25) is 0 Å². The molecule has 6 heteroatoms. The van der Waals surface area contributed by atoms with Gasteiger partial charge in [-0.15, -0.1) is 0 Å². The van der Waals surface area contributed by atoms with Crippen LogP contribution in [-0.2, 0) is 4.57 Å². The second-order valence-electron chi connectivity index (χ2n) is 1.67. The van der Waals surface area contributed by atoms with Crippen molar-refractivity contribution in [2.75, 3.05) is 0 Å². The van der Waals surface area contributed by atoms with Crippen LogP contribution in [0.3, 0.4) is 0 Å². The molecule has 1 aromatic carbocycles. The van der Waals surface area contributed by atoms with E-state index in [9.17, 15) is 0 Å². The van der Waals surface area contributed by atoms with Crippen LogP contribution in [0.25, 0.3) is 0 Å². The Bertz CT molecular complexity index is 187. The summed E-state index contributed by atoms with van der Waals surface area (Å²) < 4.78 is 8.88. The fourth-order valence-corrected chi connectivity index (χ4v) is 0.385. The molecule has 0 unspecified atom stereocenters. The first-order chi connectivity index (χ1) is 5.00. The van der Waals surface area contributed by atoms with Crippen molar-refractivity contribution in [1.29, 1.82) is 0 Å². The Balaban J connectivity index is 0. The molecule has 0 aromatic heterocycles. The summed E-state index contributed by atoms with van der Waals surface area (Å²) in [6, 6.07) is 12.0. The Labute approximate surface area is 130 Å². The molecule has 0 fully saturated rings. The van der Waals surface area contributed by atoms with Crippen molar-refractivity contribution in [3.8, 4) is 0 Å². The summed E-state index contributed by atoms with van der Waals surface area (Å²) in [4.78, 5) is 21.6. The van der Waals surface area contributed by atoms with E-state index in [2.05, 4.69) is 0 Å². The number of phosphoric acid groups is 1. The Morgan fingerprint density at radius 1 is 0.750 bits per heavy atom. The molecule has 3 N–H and O–H groups in total. The predicted octanol–water partition coefficient (Wildman–Crippen LogP) is 0.109. The summed E-state index contributed by atoms with van der Waals surface area (Å²) in [5, 5.41) is 0. The van der Waals surface area contributed by atoms with Crippen molar-refractivity contribution < 1.29 is 19.2 Å². The molecule has 0 saturated carbocycles. The zero-order valence-corrected chi connectivity index (χ0v) is 6.56. The maximum absolute atomic E-state index is 8.88. The zero-order valence-electron chi connectivity index (χ0n) is 5.66. The third-order valence-corrected chi connectivity index (χ3v) is 0.667. The SMILES string of the molecule is O=P(O)(O)O.[CsH].c1ccccc1. The van der Waals surface area contributed by atoms with Crippen molar-refractivity contribution in [1.82, 2.24) is 0 Å². The van der Waals surface area contributed by atoms with E-state index in [1.807, 2.05) is 36.4 Å². The van der Waals surface area contributed by atoms with Gasteiger partial charge in [-0.3, -0.25) is 0 Å². The van der Waals surface area contributed by atoms with E-state index < -0.39 is 7.82 Å². The minimum Gasteiger partial charge on any atom is -0.0623 e. The van der Waals surface area contributed by atoms with Gasteiger partial charge in [-0.05, 0) is 0 Å². The maximum atomic E-state index is 8.88. The topological polar surface area (TPSA) is 77.8 Å². The summed E-state index contributed by atoms with van der Waals surface area (Å²) in [6.45, 7) is 0. The van der Waals surface area contributed by atoms with Crippen molar-refractivity contribution in [3.05, 3.63) is 36.4 Å². The quantitative estimate of drug-likeness (QED) is 0.595. The third kappa shape index (κ3) is 22.5. The Morgan fingerprint density at radius 2 is 0.833 bits per heavy atom. The van der Waals surface area contributed by atoms with Crippen LogP contribution in [0, 0.1) is 0 Å². The molecule has 0 amide bonds. The number of benzene rings is 1. The van der Waals surface area contributed by atoms with E-state index in [1.54, 1.807) is 0 Å². The molecule has 1 aromatic rings. The van der Waals surface area contributed by atoms with Gasteiger partial charge in [-0.25, -0.2) is 4.57 Å². The molecule has 0 radical (unpaired) electrons. The number of rotatable bonds is 0. The van der Waals surface area contributed by atoms with Gasteiger partial charge in [-0.1, -0.05) is 36.4 Å². The summed E-state index contributed by atoms with van der Waals surface area (Å²) in [6.07, 6.45) is 0. The van der Waals surface area contributed by atoms with E-state index in [4.69, 9.17) is 19.2 Å². The summed E-state index contributed by atoms with van der Waals surface area (Å²) in [5.41, 5.74) is 0. The van der Waals surface area contributed by atoms with Crippen LogP contribution in [0.15, 0.2) is 36.4 Å². The van der Waals surface area contributed by atoms with Crippen molar-refractivity contribution in [2.24, 2.45) is 0 Å². The van der Waals surface area contributed by atoms with Gasteiger partial charge in [0.05, 0.1) is 0 Å². The van der Waals surface area contributed by atoms with Crippen molar-refractivity contribution in [2.45, 2.75) is 0 Å². The molecule has 1 rings (SSSR count). The normalized spacial score (nSPS) is 8.92. The van der Waals surface area contributed by atoms with Crippen LogP contribution < -0.4 is 0 Å². The van der Waals surface area contributed by atoms with Gasteiger partial charge < -0.3 is 14.7 Å². The van der Waals surface area contributed by atoms with E-state index >= 15 is 0 Å². The first-order valence-electron chi connectivity index (χ1n) is 2.78. The van der Waals surface area contributed by atoms with Crippen LogP contribution in [0.1, 0.15) is 0 Å². The zero-order chi connectivity index (χ0) is 8.74. The third-order valence-electron chi connectivity index (χ3n) is 0.667. The van der Waals surface area contributed by atoms with E-state index in [0.717, 1.165) is 0 Å². The average molecular weight is 310 g/mol. The van der Waals surface area contributed by atoms with E-state index in [0.29, 0.717) is 0 Å². The standard InChI is InChI=1S/C6H6.Cs.H3O4P.H/c1-2-4-6-5-3-1;;1-5(2,3)4;/h1-6H;;(H3,1,2,3,4);. The minimum atomic E-state index is -4.64. The monoisotopic (exact) mass is 310 g/mol. The molecule has 0 aliphatic heterocycles. The van der Waals surface area contributed by atoms with Crippen LogP contribution in [0.4, 0.5) is 0 Å². The Kier molecular flexibility index (Phi) is 11.8. The van der Waals surface area contributed by atoms with Gasteiger partial charge in [-0.2, -0.15) is 0 Å². The molecule has 0 saturated heterocycles. The van der Waals surface area contributed by atoms with E-state index in [1.165, 1.54) is 0 Å². The molecule has 12 heavy (non-hydrogen) atoms. The Hall–Kier alpha value is 1.38. The molecule has 4 nitrogen and oxygen atoms in total. The molecule has 0 heterocycles. The molecule has 0 bridgehead atoms. The first-order valence-corrected chi connectivity index (χ1v) is 4.35. The molecular weight excluding hydrogens is 300 g/mol. The van der Waals surface area contributed by atoms with Crippen molar-refractivity contribution in [3.63, 3.8) is 0 Å². The van der Waals surface area contributed by atoms with Gasteiger partial charge >= 0.3 is 76.7 Å². The van der Waals surface area contributed by atoms with Crippen LogP contribution in [-0.4, -0.2) is 83.6 Å². The number of hydrogen-bond donors (Lipinski definition) is 3. The predicted molar refractivity (Wildman–Crippen MR) is 47.9 cm³/mol. The van der Waals surface area contributed by atoms with Crippen LogP contribution in [0.5, 0.6) is 0 Å².